The molecule has 8 rings (SSSR count). The fourth-order valence-electron chi connectivity index (χ4n) is 9.84. The second kappa shape index (κ2) is 13.4. The summed E-state index contributed by atoms with van der Waals surface area (Å²) in [6, 6.07) is 26.4. The summed E-state index contributed by atoms with van der Waals surface area (Å²) >= 11 is 0. The van der Waals surface area contributed by atoms with Gasteiger partial charge in [0, 0.05) is 24.3 Å². The summed E-state index contributed by atoms with van der Waals surface area (Å²) in [5.74, 6) is -5.88. The Morgan fingerprint density at radius 1 is 0.741 bits per heavy atom. The van der Waals surface area contributed by atoms with Gasteiger partial charge in [-0.05, 0) is 48.5 Å². The van der Waals surface area contributed by atoms with Crippen LogP contribution in [0.5, 0.6) is 0 Å². The van der Waals surface area contributed by atoms with Gasteiger partial charge in [0.2, 0.25) is 23.6 Å². The van der Waals surface area contributed by atoms with E-state index in [4.69, 9.17) is 4.43 Å². The second-order valence-corrected chi connectivity index (χ2v) is 22.0. The highest BCUT2D eigenvalue weighted by Gasteiger charge is 2.83. The van der Waals surface area contributed by atoms with Gasteiger partial charge in [0.1, 0.15) is 5.54 Å². The Hall–Kier alpha value is -4.51. The molecule has 280 valence electrons. The van der Waals surface area contributed by atoms with Crippen LogP contribution in [0.1, 0.15) is 61.5 Å². The molecule has 3 aromatic carbocycles. The molecule has 0 spiro atoms. The minimum absolute atomic E-state index is 0.0692. The zero-order chi connectivity index (χ0) is 38.2. The van der Waals surface area contributed by atoms with Crippen LogP contribution in [0.3, 0.4) is 0 Å². The summed E-state index contributed by atoms with van der Waals surface area (Å²) in [5.41, 5.74) is 1.32. The van der Waals surface area contributed by atoms with Crippen molar-refractivity contribution in [1.29, 1.82) is 0 Å². The lowest BCUT2D eigenvalue weighted by atomic mass is 9.66. The topological polar surface area (TPSA) is 104 Å². The molecular weight excluding hydrogens is 695 g/mol. The standard InChI is InChI=1S/C44H49N3O6Si/c1-43(2,3)54(4,5)53-23-15-20-30-24-32-34-36(41(51)45(39(34)49)26-28-16-9-6-10-17-28)44(38(48)31-21-13-8-14-22-31)37-35(33(25-30)47(32)44)40(50)46(42(37)52)27-29-18-11-7-12-19-29/h6-14,16-19,21-22,24,32-37H,15,20,23,25-27H2,1-5H3. The summed E-state index contributed by atoms with van der Waals surface area (Å²) in [6.45, 7) is 11.9. The first-order valence-corrected chi connectivity index (χ1v) is 22.2. The van der Waals surface area contributed by atoms with Crippen LogP contribution >= 0.6 is 0 Å². The molecule has 4 fully saturated rings. The summed E-state index contributed by atoms with van der Waals surface area (Å²) in [4.78, 5) is 79.4. The Kier molecular flexibility index (Phi) is 9.02. The maximum atomic E-state index is 15.4. The van der Waals surface area contributed by atoms with Crippen LogP contribution in [-0.4, -0.2) is 76.7 Å². The molecule has 0 radical (unpaired) electrons. The lowest BCUT2D eigenvalue weighted by Gasteiger charge is -2.44. The summed E-state index contributed by atoms with van der Waals surface area (Å²) in [6.07, 6.45) is 4.01. The maximum absolute atomic E-state index is 15.4. The first-order valence-electron chi connectivity index (χ1n) is 19.3. The van der Waals surface area contributed by atoms with Gasteiger partial charge in [0.15, 0.2) is 14.1 Å². The number of rotatable bonds is 11. The smallest absolute Gasteiger partial charge is 0.235 e. The van der Waals surface area contributed by atoms with Crippen molar-refractivity contribution < 1.29 is 28.4 Å². The van der Waals surface area contributed by atoms with E-state index >= 15 is 4.79 Å². The Balaban J connectivity index is 1.24. The molecule has 4 saturated heterocycles. The van der Waals surface area contributed by atoms with Crippen molar-refractivity contribution >= 4 is 37.7 Å². The normalized spacial score (nSPS) is 29.1. The number of carbonyl (C=O) groups is 5. The van der Waals surface area contributed by atoms with Gasteiger partial charge in [-0.25, -0.2) is 0 Å². The van der Waals surface area contributed by atoms with E-state index in [1.54, 1.807) is 24.3 Å². The summed E-state index contributed by atoms with van der Waals surface area (Å²) < 4.78 is 6.52. The van der Waals surface area contributed by atoms with Gasteiger partial charge < -0.3 is 4.43 Å². The van der Waals surface area contributed by atoms with Crippen molar-refractivity contribution in [2.75, 3.05) is 6.61 Å². The van der Waals surface area contributed by atoms with Crippen LogP contribution in [0.25, 0.3) is 0 Å². The van der Waals surface area contributed by atoms with Crippen molar-refractivity contribution in [3.63, 3.8) is 0 Å². The molecule has 0 saturated carbocycles. The third kappa shape index (κ3) is 5.51. The van der Waals surface area contributed by atoms with Crippen molar-refractivity contribution in [3.8, 4) is 0 Å². The third-order valence-corrected chi connectivity index (χ3v) is 17.8. The average Bonchev–Trinajstić information content (AvgIpc) is 3.80. The van der Waals surface area contributed by atoms with E-state index in [9.17, 15) is 19.2 Å². The van der Waals surface area contributed by atoms with E-state index in [1.807, 2.05) is 71.6 Å². The number of amides is 4. The quantitative estimate of drug-likeness (QED) is 0.0736. The molecule has 0 aliphatic carbocycles. The molecule has 0 bridgehead atoms. The van der Waals surface area contributed by atoms with Gasteiger partial charge in [-0.15, -0.1) is 0 Å². The number of ketones is 1. The van der Waals surface area contributed by atoms with Crippen molar-refractivity contribution in [3.05, 3.63) is 119 Å². The average molecular weight is 744 g/mol. The molecule has 0 aromatic heterocycles. The van der Waals surface area contributed by atoms with Gasteiger partial charge in [-0.2, -0.15) is 0 Å². The number of hydrogen-bond acceptors (Lipinski definition) is 7. The molecule has 7 unspecified atom stereocenters. The van der Waals surface area contributed by atoms with Gasteiger partial charge >= 0.3 is 0 Å². The third-order valence-electron chi connectivity index (χ3n) is 13.3. The van der Waals surface area contributed by atoms with E-state index in [0.29, 0.717) is 25.0 Å². The predicted octanol–water partition coefficient (Wildman–Crippen LogP) is 6.41. The number of Topliss-reactive ketones (excluding diaryl/α,β-unsaturated/α-hetero) is 1. The molecule has 5 heterocycles. The zero-order valence-electron chi connectivity index (χ0n) is 31.7. The number of imide groups is 2. The monoisotopic (exact) mass is 743 g/mol. The fraction of sp³-hybridized carbons (Fsp3) is 0.432. The zero-order valence-corrected chi connectivity index (χ0v) is 32.7. The predicted molar refractivity (Wildman–Crippen MR) is 206 cm³/mol. The van der Waals surface area contributed by atoms with Crippen LogP contribution < -0.4 is 0 Å². The number of nitrogens with zero attached hydrogens (tertiary/aromatic N) is 3. The van der Waals surface area contributed by atoms with E-state index in [1.165, 1.54) is 9.80 Å². The van der Waals surface area contributed by atoms with Gasteiger partial charge in [0.05, 0.1) is 36.8 Å². The van der Waals surface area contributed by atoms with Crippen LogP contribution in [0.4, 0.5) is 0 Å². The Morgan fingerprint density at radius 3 is 1.78 bits per heavy atom. The highest BCUT2D eigenvalue weighted by Crippen LogP contribution is 2.65. The Morgan fingerprint density at radius 2 is 1.24 bits per heavy atom. The molecule has 10 heteroatoms. The molecule has 5 aliphatic heterocycles. The number of likely N-dealkylation sites (tertiary alicyclic amines) is 2. The SMILES string of the molecule is CC(C)(C)[Si](C)(C)OCCCC1=CC2C3C(=O)N(Cc4ccccc4)C(=O)C3C3(C(=O)c4ccccc4)C4C(=O)N(Cc5ccccc5)C(=O)C4C(C1)N23. The lowest BCUT2D eigenvalue weighted by molar-refractivity contribution is -0.144. The van der Waals surface area contributed by atoms with Gasteiger partial charge in [0.25, 0.3) is 0 Å². The second-order valence-electron chi connectivity index (χ2n) is 17.2. The molecule has 4 amide bonds. The number of fused-ring (bicyclic) bond motifs is 6. The van der Waals surface area contributed by atoms with Crippen molar-refractivity contribution in [1.82, 2.24) is 14.7 Å². The molecule has 7 atom stereocenters. The first kappa shape index (κ1) is 36.5. The van der Waals surface area contributed by atoms with Crippen LogP contribution in [0.15, 0.2) is 103 Å². The maximum Gasteiger partial charge on any atom is 0.235 e. The fourth-order valence-corrected chi connectivity index (χ4v) is 10.9. The molecule has 9 nitrogen and oxygen atoms in total. The number of carbonyl (C=O) groups excluding carboxylic acids is 5. The number of hydrogen-bond donors (Lipinski definition) is 0. The highest BCUT2D eigenvalue weighted by atomic mass is 28.4. The molecule has 54 heavy (non-hydrogen) atoms. The first-order chi connectivity index (χ1) is 25.8. The summed E-state index contributed by atoms with van der Waals surface area (Å²) in [5, 5.41) is 0.0753. The lowest BCUT2D eigenvalue weighted by Crippen LogP contribution is -2.62. The van der Waals surface area contributed by atoms with Crippen LogP contribution in [-0.2, 0) is 36.7 Å². The van der Waals surface area contributed by atoms with Gasteiger partial charge in [-0.1, -0.05) is 123 Å². The van der Waals surface area contributed by atoms with Crippen molar-refractivity contribution in [2.45, 2.75) is 88.9 Å². The van der Waals surface area contributed by atoms with Gasteiger partial charge in [-0.3, -0.25) is 38.7 Å². The van der Waals surface area contributed by atoms with E-state index < -0.39 is 61.4 Å². The van der Waals surface area contributed by atoms with E-state index in [0.717, 1.165) is 23.1 Å². The number of benzene rings is 3. The Bertz CT molecular complexity index is 2030. The van der Waals surface area contributed by atoms with E-state index in [2.05, 4.69) is 39.9 Å². The van der Waals surface area contributed by atoms with Crippen LogP contribution in [0, 0.1) is 23.7 Å². The highest BCUT2D eigenvalue weighted by molar-refractivity contribution is 6.74. The van der Waals surface area contributed by atoms with Crippen LogP contribution in [0.2, 0.25) is 18.1 Å². The molecule has 5 aliphatic rings. The van der Waals surface area contributed by atoms with E-state index in [-0.39, 0.29) is 35.7 Å². The minimum Gasteiger partial charge on any atom is -0.417 e. The molecule has 0 N–H and O–H groups in total. The molecule has 3 aromatic rings. The minimum atomic E-state index is -1.97. The molecular formula is C44H49N3O6Si. The largest absolute Gasteiger partial charge is 0.417 e. The summed E-state index contributed by atoms with van der Waals surface area (Å²) in [7, 11) is -1.97. The Labute approximate surface area is 318 Å². The van der Waals surface area contributed by atoms with Crippen molar-refractivity contribution in [2.24, 2.45) is 23.7 Å².